The van der Waals surface area contributed by atoms with Crippen LogP contribution in [0, 0.1) is 5.92 Å². The highest BCUT2D eigenvalue weighted by atomic mass is 32.2. The van der Waals surface area contributed by atoms with E-state index in [-0.39, 0.29) is 23.8 Å². The Kier molecular flexibility index (Phi) is 4.11. The summed E-state index contributed by atoms with van der Waals surface area (Å²) in [6, 6.07) is -0.0439. The van der Waals surface area contributed by atoms with Crippen LogP contribution in [-0.2, 0) is 14.8 Å². The fraction of sp³-hybridized carbons (Fsp3) is 1.00. The Morgan fingerprint density at radius 1 is 1.53 bits per heavy atom. The summed E-state index contributed by atoms with van der Waals surface area (Å²) in [6.07, 6.45) is -0.276. The van der Waals surface area contributed by atoms with E-state index in [4.69, 9.17) is 10.5 Å². The molecule has 15 heavy (non-hydrogen) atoms. The van der Waals surface area contributed by atoms with Crippen molar-refractivity contribution < 1.29 is 13.2 Å². The number of hydrogen-bond acceptors (Lipinski definition) is 4. The first-order chi connectivity index (χ1) is 6.86. The lowest BCUT2D eigenvalue weighted by Crippen LogP contribution is -2.36. The highest BCUT2D eigenvalue weighted by molar-refractivity contribution is 7.89. The molecule has 0 spiro atoms. The van der Waals surface area contributed by atoms with E-state index >= 15 is 0 Å². The van der Waals surface area contributed by atoms with E-state index in [1.54, 1.807) is 6.92 Å². The molecule has 0 amide bonds. The smallest absolute Gasteiger partial charge is 0.216 e. The molecule has 1 fully saturated rings. The van der Waals surface area contributed by atoms with Gasteiger partial charge in [0.15, 0.2) is 0 Å². The van der Waals surface area contributed by atoms with Crippen molar-refractivity contribution >= 4 is 10.0 Å². The quantitative estimate of drug-likeness (QED) is 0.723. The van der Waals surface area contributed by atoms with E-state index in [2.05, 4.69) is 0 Å². The van der Waals surface area contributed by atoms with E-state index in [1.165, 1.54) is 11.4 Å². The molecule has 0 aromatic carbocycles. The molecule has 0 aromatic heterocycles. The van der Waals surface area contributed by atoms with E-state index in [0.717, 1.165) is 0 Å². The summed E-state index contributed by atoms with van der Waals surface area (Å²) in [5.74, 6) is 0.265. The zero-order valence-electron chi connectivity index (χ0n) is 9.51. The van der Waals surface area contributed by atoms with Crippen molar-refractivity contribution in [2.45, 2.75) is 26.0 Å². The second-order valence-corrected chi connectivity index (χ2v) is 6.30. The molecule has 1 heterocycles. The summed E-state index contributed by atoms with van der Waals surface area (Å²) in [4.78, 5) is 0. The van der Waals surface area contributed by atoms with Crippen LogP contribution in [0.15, 0.2) is 0 Å². The highest BCUT2D eigenvalue weighted by Crippen LogP contribution is 2.18. The zero-order chi connectivity index (χ0) is 11.6. The van der Waals surface area contributed by atoms with Gasteiger partial charge in [0, 0.05) is 26.2 Å². The van der Waals surface area contributed by atoms with Crippen LogP contribution in [-0.4, -0.2) is 50.8 Å². The molecule has 0 aliphatic carbocycles. The normalized spacial score (nSPS) is 30.7. The predicted octanol–water partition coefficient (Wildman–Crippen LogP) is -0.370. The number of nitrogens with two attached hydrogens (primary N) is 1. The average molecular weight is 236 g/mol. The number of nitrogens with zero attached hydrogens (tertiary/aromatic N) is 1. The maximum atomic E-state index is 11.9. The van der Waals surface area contributed by atoms with Gasteiger partial charge in [0.05, 0.1) is 11.9 Å². The van der Waals surface area contributed by atoms with Crippen LogP contribution in [0.2, 0.25) is 0 Å². The minimum atomic E-state index is -3.21. The molecule has 1 saturated heterocycles. The maximum Gasteiger partial charge on any atom is 0.216 e. The molecular weight excluding hydrogens is 216 g/mol. The minimum Gasteiger partial charge on any atom is -0.381 e. The van der Waals surface area contributed by atoms with Gasteiger partial charge in [0.2, 0.25) is 10.0 Å². The van der Waals surface area contributed by atoms with Crippen LogP contribution in [0.3, 0.4) is 0 Å². The molecule has 3 unspecified atom stereocenters. The highest BCUT2D eigenvalue weighted by Gasteiger charge is 2.34. The van der Waals surface area contributed by atoms with Gasteiger partial charge in [0.25, 0.3) is 0 Å². The van der Waals surface area contributed by atoms with Crippen molar-refractivity contribution in [3.63, 3.8) is 0 Å². The third-order valence-corrected chi connectivity index (χ3v) is 4.85. The molecule has 1 aliphatic heterocycles. The summed E-state index contributed by atoms with van der Waals surface area (Å²) < 4.78 is 30.2. The molecule has 3 atom stereocenters. The van der Waals surface area contributed by atoms with Gasteiger partial charge < -0.3 is 10.5 Å². The van der Waals surface area contributed by atoms with Crippen molar-refractivity contribution in [1.29, 1.82) is 0 Å². The summed E-state index contributed by atoms with van der Waals surface area (Å²) in [6.45, 7) is 4.68. The Morgan fingerprint density at radius 3 is 2.53 bits per heavy atom. The van der Waals surface area contributed by atoms with Crippen LogP contribution in [0.5, 0.6) is 0 Å². The van der Waals surface area contributed by atoms with E-state index in [0.29, 0.717) is 13.1 Å². The van der Waals surface area contributed by atoms with Gasteiger partial charge >= 0.3 is 0 Å². The molecule has 5 nitrogen and oxygen atoms in total. The van der Waals surface area contributed by atoms with Gasteiger partial charge in [-0.15, -0.1) is 0 Å². The van der Waals surface area contributed by atoms with Gasteiger partial charge in [-0.2, -0.15) is 4.31 Å². The van der Waals surface area contributed by atoms with Gasteiger partial charge in [-0.05, 0) is 12.8 Å². The number of sulfonamides is 1. The lowest BCUT2D eigenvalue weighted by molar-refractivity contribution is 0.135. The molecular formula is C9H20N2O3S. The maximum absolute atomic E-state index is 11.9. The summed E-state index contributed by atoms with van der Waals surface area (Å²) in [5.41, 5.74) is 5.79. The van der Waals surface area contributed by atoms with Crippen LogP contribution in [0.25, 0.3) is 0 Å². The summed E-state index contributed by atoms with van der Waals surface area (Å²) >= 11 is 0. The van der Waals surface area contributed by atoms with Crippen molar-refractivity contribution in [3.8, 4) is 0 Å². The Morgan fingerprint density at radius 2 is 2.13 bits per heavy atom. The first kappa shape index (κ1) is 12.9. The number of hydrogen-bond donors (Lipinski definition) is 1. The first-order valence-electron chi connectivity index (χ1n) is 5.13. The van der Waals surface area contributed by atoms with Crippen LogP contribution in [0.1, 0.15) is 13.8 Å². The number of methoxy groups -OCH3 is 1. The molecule has 90 valence electrons. The molecule has 6 heteroatoms. The SMILES string of the molecule is COC(C)CS(=O)(=O)N1CC(C)C(N)C1. The Labute approximate surface area is 91.6 Å². The zero-order valence-corrected chi connectivity index (χ0v) is 10.3. The minimum absolute atomic E-state index is 0.0307. The fourth-order valence-electron chi connectivity index (χ4n) is 1.64. The number of rotatable bonds is 4. The molecule has 0 radical (unpaired) electrons. The van der Waals surface area contributed by atoms with Gasteiger partial charge in [-0.25, -0.2) is 8.42 Å². The van der Waals surface area contributed by atoms with Gasteiger partial charge in [-0.1, -0.05) is 6.92 Å². The van der Waals surface area contributed by atoms with E-state index in [1.807, 2.05) is 6.92 Å². The van der Waals surface area contributed by atoms with Gasteiger partial charge in [-0.3, -0.25) is 0 Å². The largest absolute Gasteiger partial charge is 0.381 e. The Bertz CT molecular complexity index is 294. The second-order valence-electron chi connectivity index (χ2n) is 4.28. The van der Waals surface area contributed by atoms with Crippen LogP contribution in [0.4, 0.5) is 0 Å². The predicted molar refractivity (Wildman–Crippen MR) is 59.0 cm³/mol. The van der Waals surface area contributed by atoms with Crippen molar-refractivity contribution in [2.75, 3.05) is 26.0 Å². The fourth-order valence-corrected chi connectivity index (χ4v) is 3.45. The third kappa shape index (κ3) is 3.14. The lowest BCUT2D eigenvalue weighted by atomic mass is 10.1. The van der Waals surface area contributed by atoms with E-state index < -0.39 is 10.0 Å². The van der Waals surface area contributed by atoms with Gasteiger partial charge in [0.1, 0.15) is 0 Å². The molecule has 0 saturated carbocycles. The monoisotopic (exact) mass is 236 g/mol. The molecule has 1 rings (SSSR count). The first-order valence-corrected chi connectivity index (χ1v) is 6.74. The topological polar surface area (TPSA) is 72.6 Å². The lowest BCUT2D eigenvalue weighted by Gasteiger charge is -2.18. The Hall–Kier alpha value is -0.170. The molecule has 2 N–H and O–H groups in total. The summed E-state index contributed by atoms with van der Waals surface area (Å²) in [5, 5.41) is 0. The number of ether oxygens (including phenoxy) is 1. The van der Waals surface area contributed by atoms with E-state index in [9.17, 15) is 8.42 Å². The Balaban J connectivity index is 2.63. The second kappa shape index (κ2) is 4.78. The van der Waals surface area contributed by atoms with Crippen LogP contribution < -0.4 is 5.73 Å². The molecule has 0 aromatic rings. The molecule has 1 aliphatic rings. The third-order valence-electron chi connectivity index (χ3n) is 2.88. The standard InChI is InChI=1S/C9H20N2O3S/c1-7-4-11(5-9(7)10)15(12,13)6-8(2)14-3/h7-9H,4-6,10H2,1-3H3. The van der Waals surface area contributed by atoms with Crippen molar-refractivity contribution in [2.24, 2.45) is 11.7 Å². The summed E-state index contributed by atoms with van der Waals surface area (Å²) in [7, 11) is -1.70. The van der Waals surface area contributed by atoms with Crippen LogP contribution >= 0.6 is 0 Å². The van der Waals surface area contributed by atoms with Crippen molar-refractivity contribution in [3.05, 3.63) is 0 Å². The molecule has 0 bridgehead atoms. The van der Waals surface area contributed by atoms with Crippen molar-refractivity contribution in [1.82, 2.24) is 4.31 Å². The average Bonchev–Trinajstić information content (AvgIpc) is 2.47.